The zero-order valence-corrected chi connectivity index (χ0v) is 16.9. The molecular formula is C22H29N3O4. The van der Waals surface area contributed by atoms with Gasteiger partial charge in [-0.2, -0.15) is 0 Å². The van der Waals surface area contributed by atoms with E-state index >= 15 is 0 Å². The normalized spacial score (nSPS) is 12.6. The van der Waals surface area contributed by atoms with Gasteiger partial charge in [0.1, 0.15) is 18.4 Å². The van der Waals surface area contributed by atoms with Crippen molar-refractivity contribution in [2.45, 2.75) is 32.9 Å². The van der Waals surface area contributed by atoms with Crippen LogP contribution in [0.15, 0.2) is 54.6 Å². The molecule has 0 aliphatic heterocycles. The Balaban J connectivity index is 1.78. The maximum Gasteiger partial charge on any atom is 0.319 e. The lowest BCUT2D eigenvalue weighted by Gasteiger charge is -2.21. The van der Waals surface area contributed by atoms with Crippen LogP contribution in [-0.2, 0) is 16.1 Å². The lowest BCUT2D eigenvalue weighted by Crippen LogP contribution is -2.49. The molecule has 0 fully saturated rings. The quantitative estimate of drug-likeness (QED) is 0.505. The number of carbonyl (C=O) groups excluding carboxylic acids is 2. The van der Waals surface area contributed by atoms with Gasteiger partial charge in [0.2, 0.25) is 5.91 Å². The van der Waals surface area contributed by atoms with E-state index in [9.17, 15) is 9.59 Å². The molecule has 0 aliphatic rings. The van der Waals surface area contributed by atoms with Crippen molar-refractivity contribution in [3.05, 3.63) is 60.2 Å². The van der Waals surface area contributed by atoms with E-state index in [4.69, 9.17) is 15.2 Å². The van der Waals surface area contributed by atoms with E-state index < -0.39 is 18.0 Å². The fourth-order valence-electron chi connectivity index (χ4n) is 2.70. The molecule has 0 bridgehead atoms. The molecule has 2 atom stereocenters. The highest BCUT2D eigenvalue weighted by atomic mass is 16.5. The van der Waals surface area contributed by atoms with E-state index in [0.29, 0.717) is 25.5 Å². The molecular weight excluding hydrogens is 370 g/mol. The summed E-state index contributed by atoms with van der Waals surface area (Å²) in [6.45, 7) is 5.10. The molecule has 0 unspecified atom stereocenters. The van der Waals surface area contributed by atoms with E-state index in [1.807, 2.05) is 62.4 Å². The summed E-state index contributed by atoms with van der Waals surface area (Å²) in [7, 11) is 0. The average molecular weight is 399 g/mol. The molecule has 2 aromatic rings. The Morgan fingerprint density at radius 1 is 1.07 bits per heavy atom. The molecule has 0 radical (unpaired) electrons. The minimum absolute atomic E-state index is 0.0453. The van der Waals surface area contributed by atoms with Crippen LogP contribution in [0.1, 0.15) is 25.8 Å². The van der Waals surface area contributed by atoms with Crippen molar-refractivity contribution in [2.24, 2.45) is 11.7 Å². The Bertz CT molecular complexity index is 783. The smallest absolute Gasteiger partial charge is 0.319 e. The molecule has 4 N–H and O–H groups in total. The molecule has 2 rings (SSSR count). The van der Waals surface area contributed by atoms with Gasteiger partial charge in [-0.05, 0) is 35.7 Å². The topological polar surface area (TPSA) is 103 Å². The van der Waals surface area contributed by atoms with Gasteiger partial charge in [0.05, 0.1) is 13.2 Å². The van der Waals surface area contributed by atoms with Crippen molar-refractivity contribution in [3.63, 3.8) is 0 Å². The fraction of sp³-hybridized carbons (Fsp3) is 0.364. The third-order valence-electron chi connectivity index (χ3n) is 4.50. The molecule has 0 aromatic heterocycles. The van der Waals surface area contributed by atoms with Crippen molar-refractivity contribution in [2.75, 3.05) is 18.5 Å². The number of benzene rings is 2. The molecule has 29 heavy (non-hydrogen) atoms. The van der Waals surface area contributed by atoms with Crippen LogP contribution >= 0.6 is 0 Å². The van der Waals surface area contributed by atoms with E-state index in [0.717, 1.165) is 17.7 Å². The number of nitrogens with two attached hydrogens (primary N) is 1. The van der Waals surface area contributed by atoms with Crippen LogP contribution in [0.25, 0.3) is 0 Å². The first kappa shape index (κ1) is 22.2. The predicted molar refractivity (Wildman–Crippen MR) is 113 cm³/mol. The summed E-state index contributed by atoms with van der Waals surface area (Å²) in [4.78, 5) is 23.8. The third kappa shape index (κ3) is 7.83. The van der Waals surface area contributed by atoms with Crippen molar-refractivity contribution in [1.82, 2.24) is 5.32 Å². The zero-order valence-electron chi connectivity index (χ0n) is 16.9. The number of rotatable bonds is 11. The van der Waals surface area contributed by atoms with Crippen molar-refractivity contribution >= 4 is 17.6 Å². The second-order valence-electron chi connectivity index (χ2n) is 6.78. The van der Waals surface area contributed by atoms with Gasteiger partial charge in [-0.3, -0.25) is 4.79 Å². The Morgan fingerprint density at radius 2 is 1.83 bits per heavy atom. The van der Waals surface area contributed by atoms with E-state index in [1.165, 1.54) is 0 Å². The standard InChI is InChI=1S/C22H29N3O4/c1-3-16(2)20(21(23)26)25-22(27)24-18-9-7-8-17(14-18)15-28-12-13-29-19-10-5-4-6-11-19/h4-11,14,16,20H,3,12-13,15H2,1-2H3,(H2,23,26)(H2,24,25,27)/t16-,20-/m0/s1. The van der Waals surface area contributed by atoms with Gasteiger partial charge in [-0.15, -0.1) is 0 Å². The van der Waals surface area contributed by atoms with Gasteiger partial charge >= 0.3 is 6.03 Å². The van der Waals surface area contributed by atoms with Gasteiger partial charge in [0.15, 0.2) is 0 Å². The number of para-hydroxylation sites is 1. The molecule has 3 amide bonds. The highest BCUT2D eigenvalue weighted by Crippen LogP contribution is 2.13. The van der Waals surface area contributed by atoms with Crippen LogP contribution in [-0.4, -0.2) is 31.2 Å². The lowest BCUT2D eigenvalue weighted by molar-refractivity contribution is -0.120. The van der Waals surface area contributed by atoms with Gasteiger partial charge in [0.25, 0.3) is 0 Å². The molecule has 156 valence electrons. The monoisotopic (exact) mass is 399 g/mol. The van der Waals surface area contributed by atoms with E-state index in [1.54, 1.807) is 6.07 Å². The van der Waals surface area contributed by atoms with E-state index in [-0.39, 0.29) is 5.92 Å². The predicted octanol–water partition coefficient (Wildman–Crippen LogP) is 3.30. The summed E-state index contributed by atoms with van der Waals surface area (Å²) in [6, 6.07) is 15.7. The van der Waals surface area contributed by atoms with E-state index in [2.05, 4.69) is 10.6 Å². The molecule has 0 spiro atoms. The van der Waals surface area contributed by atoms with Crippen LogP contribution in [0.3, 0.4) is 0 Å². The summed E-state index contributed by atoms with van der Waals surface area (Å²) in [6.07, 6.45) is 0.731. The second kappa shape index (κ2) is 11.7. The Hall–Kier alpha value is -3.06. The third-order valence-corrected chi connectivity index (χ3v) is 4.50. The van der Waals surface area contributed by atoms with Gasteiger partial charge in [-0.25, -0.2) is 4.79 Å². The highest BCUT2D eigenvalue weighted by molar-refractivity contribution is 5.93. The van der Waals surface area contributed by atoms with Crippen LogP contribution in [0.2, 0.25) is 0 Å². The number of hydrogen-bond donors (Lipinski definition) is 3. The summed E-state index contributed by atoms with van der Waals surface area (Å²) >= 11 is 0. The van der Waals surface area contributed by atoms with Crippen molar-refractivity contribution in [1.29, 1.82) is 0 Å². The first-order valence-corrected chi connectivity index (χ1v) is 9.71. The Labute approximate surface area is 171 Å². The number of urea groups is 1. The van der Waals surface area contributed by atoms with Gasteiger partial charge in [0, 0.05) is 5.69 Å². The van der Waals surface area contributed by atoms with Crippen LogP contribution in [0.5, 0.6) is 5.75 Å². The largest absolute Gasteiger partial charge is 0.491 e. The van der Waals surface area contributed by atoms with Gasteiger partial charge < -0.3 is 25.8 Å². The number of hydrogen-bond acceptors (Lipinski definition) is 4. The van der Waals surface area contributed by atoms with Crippen LogP contribution in [0.4, 0.5) is 10.5 Å². The Kier molecular flexibility index (Phi) is 8.98. The first-order valence-electron chi connectivity index (χ1n) is 9.71. The molecule has 7 nitrogen and oxygen atoms in total. The lowest BCUT2D eigenvalue weighted by atomic mass is 9.99. The van der Waals surface area contributed by atoms with Gasteiger partial charge in [-0.1, -0.05) is 50.6 Å². The van der Waals surface area contributed by atoms with Crippen molar-refractivity contribution < 1.29 is 19.1 Å². The van der Waals surface area contributed by atoms with Crippen molar-refractivity contribution in [3.8, 4) is 5.75 Å². The Morgan fingerprint density at radius 3 is 2.52 bits per heavy atom. The van der Waals surface area contributed by atoms with Crippen LogP contribution < -0.4 is 21.1 Å². The molecule has 0 saturated carbocycles. The summed E-state index contributed by atoms with van der Waals surface area (Å²) in [5.74, 6) is 0.213. The highest BCUT2D eigenvalue weighted by Gasteiger charge is 2.23. The maximum absolute atomic E-state index is 12.2. The number of anilines is 1. The van der Waals surface area contributed by atoms with Crippen LogP contribution in [0, 0.1) is 5.92 Å². The summed E-state index contributed by atoms with van der Waals surface area (Å²) in [5, 5.41) is 5.37. The number of nitrogens with one attached hydrogen (secondary N) is 2. The average Bonchev–Trinajstić information content (AvgIpc) is 2.72. The number of amides is 3. The number of carbonyl (C=O) groups is 2. The minimum atomic E-state index is -0.712. The first-order chi connectivity index (χ1) is 14.0. The summed E-state index contributed by atoms with van der Waals surface area (Å²) < 4.78 is 11.2. The second-order valence-corrected chi connectivity index (χ2v) is 6.78. The fourth-order valence-corrected chi connectivity index (χ4v) is 2.70. The molecule has 0 saturated heterocycles. The molecule has 0 heterocycles. The SMILES string of the molecule is CC[C@H](C)[C@H](NC(=O)Nc1cccc(COCCOc2ccccc2)c1)C(N)=O. The number of ether oxygens (including phenoxy) is 2. The minimum Gasteiger partial charge on any atom is -0.491 e. The number of primary amides is 1. The molecule has 7 heteroatoms. The molecule has 0 aliphatic carbocycles. The zero-order chi connectivity index (χ0) is 21.1. The molecule has 2 aromatic carbocycles. The summed E-state index contributed by atoms with van der Waals surface area (Å²) in [5.41, 5.74) is 6.91. The maximum atomic E-state index is 12.2.